The van der Waals surface area contributed by atoms with Gasteiger partial charge in [-0.1, -0.05) is 24.3 Å². The largest absolute Gasteiger partial charge is 0.497 e. The minimum atomic E-state index is 0.00617. The van der Waals surface area contributed by atoms with E-state index in [0.29, 0.717) is 6.54 Å². The first-order chi connectivity index (χ1) is 11.7. The van der Waals surface area contributed by atoms with Gasteiger partial charge in [-0.05, 0) is 54.3 Å². The standard InChI is InChI=1S/C20H19NO2S/c1-15-6-3-4-8-19(15)20(22)21(14-18-7-5-13-24-18)16-9-11-17(23-2)12-10-16/h3-13H,14H2,1-2H3. The highest BCUT2D eigenvalue weighted by molar-refractivity contribution is 7.09. The maximum absolute atomic E-state index is 13.1. The zero-order chi connectivity index (χ0) is 16.9. The van der Waals surface area contributed by atoms with Gasteiger partial charge in [-0.15, -0.1) is 11.3 Å². The smallest absolute Gasteiger partial charge is 0.258 e. The minimum absolute atomic E-state index is 0.00617. The van der Waals surface area contributed by atoms with Crippen LogP contribution in [0.25, 0.3) is 0 Å². The number of aryl methyl sites for hydroxylation is 1. The van der Waals surface area contributed by atoms with Crippen molar-refractivity contribution in [2.45, 2.75) is 13.5 Å². The summed E-state index contributed by atoms with van der Waals surface area (Å²) in [5.41, 5.74) is 2.56. The highest BCUT2D eigenvalue weighted by atomic mass is 32.1. The van der Waals surface area contributed by atoms with Crippen molar-refractivity contribution in [3.05, 3.63) is 82.0 Å². The van der Waals surface area contributed by atoms with E-state index in [1.807, 2.05) is 77.9 Å². The minimum Gasteiger partial charge on any atom is -0.497 e. The second-order valence-corrected chi connectivity index (χ2v) is 6.52. The zero-order valence-corrected chi connectivity index (χ0v) is 14.5. The molecule has 3 rings (SSSR count). The Kier molecular flexibility index (Phi) is 4.96. The Hall–Kier alpha value is -2.59. The van der Waals surface area contributed by atoms with E-state index in [9.17, 15) is 4.79 Å². The summed E-state index contributed by atoms with van der Waals surface area (Å²) in [6.45, 7) is 2.52. The molecule has 4 heteroatoms. The van der Waals surface area contributed by atoms with Gasteiger partial charge in [-0.3, -0.25) is 4.79 Å². The highest BCUT2D eigenvalue weighted by Gasteiger charge is 2.20. The summed E-state index contributed by atoms with van der Waals surface area (Å²) < 4.78 is 5.22. The van der Waals surface area contributed by atoms with Gasteiger partial charge in [0.25, 0.3) is 5.91 Å². The number of amides is 1. The summed E-state index contributed by atoms with van der Waals surface area (Å²) in [6.07, 6.45) is 0. The molecule has 122 valence electrons. The molecule has 0 unspecified atom stereocenters. The number of thiophene rings is 1. The molecule has 0 bridgehead atoms. The van der Waals surface area contributed by atoms with E-state index in [2.05, 4.69) is 0 Å². The van der Waals surface area contributed by atoms with Gasteiger partial charge in [0.1, 0.15) is 5.75 Å². The Labute approximate surface area is 146 Å². The van der Waals surface area contributed by atoms with E-state index in [0.717, 1.165) is 27.4 Å². The predicted molar refractivity (Wildman–Crippen MR) is 99.0 cm³/mol. The normalized spacial score (nSPS) is 10.4. The van der Waals surface area contributed by atoms with Gasteiger partial charge < -0.3 is 9.64 Å². The van der Waals surface area contributed by atoms with Crippen LogP contribution in [0.2, 0.25) is 0 Å². The molecule has 0 fully saturated rings. The second kappa shape index (κ2) is 7.32. The molecular formula is C20H19NO2S. The van der Waals surface area contributed by atoms with E-state index in [1.165, 1.54) is 0 Å². The van der Waals surface area contributed by atoms with Crippen LogP contribution in [-0.2, 0) is 6.54 Å². The first-order valence-corrected chi connectivity index (χ1v) is 8.61. The van der Waals surface area contributed by atoms with E-state index < -0.39 is 0 Å². The fourth-order valence-corrected chi connectivity index (χ4v) is 3.25. The van der Waals surface area contributed by atoms with Gasteiger partial charge in [0, 0.05) is 16.1 Å². The Morgan fingerprint density at radius 2 is 1.79 bits per heavy atom. The summed E-state index contributed by atoms with van der Waals surface area (Å²) in [4.78, 5) is 16.1. The van der Waals surface area contributed by atoms with Crippen molar-refractivity contribution in [1.29, 1.82) is 0 Å². The molecular weight excluding hydrogens is 318 g/mol. The Morgan fingerprint density at radius 3 is 2.42 bits per heavy atom. The molecule has 0 spiro atoms. The number of methoxy groups -OCH3 is 1. The second-order valence-electron chi connectivity index (χ2n) is 5.48. The molecule has 1 amide bonds. The van der Waals surface area contributed by atoms with Gasteiger partial charge in [0.15, 0.2) is 0 Å². The van der Waals surface area contributed by atoms with Gasteiger partial charge >= 0.3 is 0 Å². The molecule has 3 aromatic rings. The summed E-state index contributed by atoms with van der Waals surface area (Å²) in [5.74, 6) is 0.782. The molecule has 0 aliphatic carbocycles. The quantitative estimate of drug-likeness (QED) is 0.662. The van der Waals surface area contributed by atoms with Crippen LogP contribution >= 0.6 is 11.3 Å². The lowest BCUT2D eigenvalue weighted by Crippen LogP contribution is -2.30. The third-order valence-electron chi connectivity index (χ3n) is 3.90. The highest BCUT2D eigenvalue weighted by Crippen LogP contribution is 2.25. The van der Waals surface area contributed by atoms with Gasteiger partial charge in [0.2, 0.25) is 0 Å². The fraction of sp³-hybridized carbons (Fsp3) is 0.150. The number of hydrogen-bond donors (Lipinski definition) is 0. The lowest BCUT2D eigenvalue weighted by molar-refractivity contribution is 0.0985. The number of benzene rings is 2. The third kappa shape index (κ3) is 3.49. The van der Waals surface area contributed by atoms with Gasteiger partial charge in [-0.25, -0.2) is 0 Å². The van der Waals surface area contributed by atoms with E-state index in [4.69, 9.17) is 4.74 Å². The molecule has 0 aliphatic rings. The molecule has 2 aromatic carbocycles. The van der Waals surface area contributed by atoms with Crippen LogP contribution in [0, 0.1) is 6.92 Å². The van der Waals surface area contributed by atoms with Crippen LogP contribution in [0.15, 0.2) is 66.0 Å². The lowest BCUT2D eigenvalue weighted by Gasteiger charge is -2.23. The number of ether oxygens (including phenoxy) is 1. The number of carbonyl (C=O) groups excluding carboxylic acids is 1. The number of rotatable bonds is 5. The Balaban J connectivity index is 1.97. The molecule has 1 heterocycles. The number of anilines is 1. The van der Waals surface area contributed by atoms with Crippen molar-refractivity contribution in [2.75, 3.05) is 12.0 Å². The third-order valence-corrected chi connectivity index (χ3v) is 4.76. The van der Waals surface area contributed by atoms with Crippen LogP contribution in [0.5, 0.6) is 5.75 Å². The number of nitrogens with zero attached hydrogens (tertiary/aromatic N) is 1. The molecule has 0 radical (unpaired) electrons. The Bertz CT molecular complexity index is 810. The first kappa shape index (κ1) is 16.3. The zero-order valence-electron chi connectivity index (χ0n) is 13.7. The topological polar surface area (TPSA) is 29.5 Å². The van der Waals surface area contributed by atoms with Crippen molar-refractivity contribution in [2.24, 2.45) is 0 Å². The monoisotopic (exact) mass is 337 g/mol. The van der Waals surface area contributed by atoms with Crippen LogP contribution in [0.1, 0.15) is 20.8 Å². The predicted octanol–water partition coefficient (Wildman–Crippen LogP) is 4.91. The molecule has 3 nitrogen and oxygen atoms in total. The average Bonchev–Trinajstić information content (AvgIpc) is 3.13. The van der Waals surface area contributed by atoms with Crippen molar-refractivity contribution < 1.29 is 9.53 Å². The Morgan fingerprint density at radius 1 is 1.04 bits per heavy atom. The van der Waals surface area contributed by atoms with Crippen molar-refractivity contribution >= 4 is 22.9 Å². The van der Waals surface area contributed by atoms with Gasteiger partial charge in [0.05, 0.1) is 13.7 Å². The van der Waals surface area contributed by atoms with E-state index >= 15 is 0 Å². The molecule has 0 atom stereocenters. The van der Waals surface area contributed by atoms with Crippen LogP contribution in [0.4, 0.5) is 5.69 Å². The molecule has 1 aromatic heterocycles. The van der Waals surface area contributed by atoms with Gasteiger partial charge in [-0.2, -0.15) is 0 Å². The summed E-state index contributed by atoms with van der Waals surface area (Å²) >= 11 is 1.65. The van der Waals surface area contributed by atoms with Crippen LogP contribution in [0.3, 0.4) is 0 Å². The van der Waals surface area contributed by atoms with Crippen molar-refractivity contribution in [3.8, 4) is 5.75 Å². The number of hydrogen-bond acceptors (Lipinski definition) is 3. The first-order valence-electron chi connectivity index (χ1n) is 7.73. The fourth-order valence-electron chi connectivity index (χ4n) is 2.56. The van der Waals surface area contributed by atoms with Crippen LogP contribution in [-0.4, -0.2) is 13.0 Å². The summed E-state index contributed by atoms with van der Waals surface area (Å²) in [6, 6.07) is 19.3. The van der Waals surface area contributed by atoms with Crippen molar-refractivity contribution in [1.82, 2.24) is 0 Å². The van der Waals surface area contributed by atoms with E-state index in [1.54, 1.807) is 18.4 Å². The molecule has 0 aliphatic heterocycles. The maximum Gasteiger partial charge on any atom is 0.258 e. The van der Waals surface area contributed by atoms with Crippen molar-refractivity contribution in [3.63, 3.8) is 0 Å². The molecule has 0 saturated carbocycles. The summed E-state index contributed by atoms with van der Waals surface area (Å²) in [5, 5.41) is 2.03. The molecule has 0 N–H and O–H groups in total. The van der Waals surface area contributed by atoms with Crippen LogP contribution < -0.4 is 9.64 Å². The summed E-state index contributed by atoms with van der Waals surface area (Å²) in [7, 11) is 1.64. The van der Waals surface area contributed by atoms with E-state index in [-0.39, 0.29) is 5.91 Å². The molecule has 24 heavy (non-hydrogen) atoms. The molecule has 0 saturated heterocycles. The number of carbonyl (C=O) groups is 1. The lowest BCUT2D eigenvalue weighted by atomic mass is 10.1. The SMILES string of the molecule is COc1ccc(N(Cc2cccs2)C(=O)c2ccccc2C)cc1. The maximum atomic E-state index is 13.1. The average molecular weight is 337 g/mol.